The van der Waals surface area contributed by atoms with E-state index in [1.807, 2.05) is 0 Å². The predicted molar refractivity (Wildman–Crippen MR) is 55.3 cm³/mol. The quantitative estimate of drug-likeness (QED) is 0.748. The molecule has 0 spiro atoms. The third kappa shape index (κ3) is 1.88. The third-order valence-corrected chi connectivity index (χ3v) is 2.67. The maximum Gasteiger partial charge on any atom is 0.328 e. The Labute approximate surface area is 91.0 Å². The van der Waals surface area contributed by atoms with E-state index in [1.54, 1.807) is 6.07 Å². The van der Waals surface area contributed by atoms with Crippen LogP contribution in [0.25, 0.3) is 5.57 Å². The molecule has 0 radical (unpaired) electrons. The summed E-state index contributed by atoms with van der Waals surface area (Å²) in [6.45, 7) is 0. The highest BCUT2D eigenvalue weighted by Gasteiger charge is 2.21. The lowest BCUT2D eigenvalue weighted by Crippen LogP contribution is -1.91. The van der Waals surface area contributed by atoms with Gasteiger partial charge in [0.25, 0.3) is 0 Å². The number of hydrogen-bond acceptors (Lipinski definition) is 1. The summed E-state index contributed by atoms with van der Waals surface area (Å²) in [6.07, 6.45) is 2.21. The maximum atomic E-state index is 13.4. The van der Waals surface area contributed by atoms with Crippen molar-refractivity contribution >= 4 is 23.1 Å². The Bertz CT molecular complexity index is 466. The van der Waals surface area contributed by atoms with Crippen molar-refractivity contribution in [2.75, 3.05) is 0 Å². The van der Waals surface area contributed by atoms with Crippen LogP contribution < -0.4 is 0 Å². The zero-order valence-electron chi connectivity index (χ0n) is 7.76. The van der Waals surface area contributed by atoms with Gasteiger partial charge in [-0.05, 0) is 41.7 Å². The van der Waals surface area contributed by atoms with Crippen LogP contribution in [0.5, 0.6) is 0 Å². The molecule has 0 atom stereocenters. The van der Waals surface area contributed by atoms with Crippen molar-refractivity contribution < 1.29 is 14.3 Å². The van der Waals surface area contributed by atoms with Crippen molar-refractivity contribution in [3.8, 4) is 0 Å². The van der Waals surface area contributed by atoms with E-state index in [0.717, 1.165) is 6.08 Å². The Balaban J connectivity index is 2.55. The van der Waals surface area contributed by atoms with Gasteiger partial charge in [-0.2, -0.15) is 0 Å². The third-order valence-electron chi connectivity index (χ3n) is 2.45. The van der Waals surface area contributed by atoms with Crippen molar-refractivity contribution in [1.82, 2.24) is 0 Å². The van der Waals surface area contributed by atoms with E-state index in [0.29, 0.717) is 34.6 Å². The number of fused-ring (bicyclic) bond motifs is 1. The fourth-order valence-corrected chi connectivity index (χ4v) is 2.04. The fraction of sp³-hybridized carbons (Fsp3) is 0.182. The summed E-state index contributed by atoms with van der Waals surface area (Å²) in [4.78, 5) is 10.5. The molecular weight excluding hydrogens is 219 g/mol. The van der Waals surface area contributed by atoms with Crippen LogP contribution in [0.4, 0.5) is 4.39 Å². The SMILES string of the molecule is O=C(O)C=C1CCc2c(F)cc(Cl)cc21. The smallest absolute Gasteiger partial charge is 0.328 e. The summed E-state index contributed by atoms with van der Waals surface area (Å²) < 4.78 is 13.4. The molecule has 0 unspecified atom stereocenters. The molecule has 2 nitrogen and oxygen atoms in total. The van der Waals surface area contributed by atoms with Crippen molar-refractivity contribution in [3.63, 3.8) is 0 Å². The van der Waals surface area contributed by atoms with E-state index >= 15 is 0 Å². The molecule has 0 aromatic heterocycles. The highest BCUT2D eigenvalue weighted by Crippen LogP contribution is 2.35. The molecule has 0 amide bonds. The minimum absolute atomic E-state index is 0.296. The molecule has 1 aromatic carbocycles. The van der Waals surface area contributed by atoms with Crippen LogP contribution in [0.3, 0.4) is 0 Å². The van der Waals surface area contributed by atoms with Gasteiger partial charge in [0.05, 0.1) is 0 Å². The number of halogens is 2. The molecular formula is C11H8ClFO2. The van der Waals surface area contributed by atoms with Crippen LogP contribution in [0.15, 0.2) is 18.2 Å². The number of benzene rings is 1. The van der Waals surface area contributed by atoms with Gasteiger partial charge < -0.3 is 5.11 Å². The lowest BCUT2D eigenvalue weighted by atomic mass is 10.1. The first kappa shape index (κ1) is 10.2. The Kier molecular flexibility index (Phi) is 2.49. The van der Waals surface area contributed by atoms with Gasteiger partial charge >= 0.3 is 5.97 Å². The van der Waals surface area contributed by atoms with Crippen molar-refractivity contribution in [3.05, 3.63) is 40.2 Å². The summed E-state index contributed by atoms with van der Waals surface area (Å²) in [5.41, 5.74) is 1.83. The summed E-state index contributed by atoms with van der Waals surface area (Å²) in [5, 5.41) is 8.93. The van der Waals surface area contributed by atoms with Crippen LogP contribution in [-0.4, -0.2) is 11.1 Å². The zero-order valence-corrected chi connectivity index (χ0v) is 8.51. The second-order valence-electron chi connectivity index (χ2n) is 3.42. The molecule has 0 heterocycles. The van der Waals surface area contributed by atoms with Crippen molar-refractivity contribution in [1.29, 1.82) is 0 Å². The second-order valence-corrected chi connectivity index (χ2v) is 3.86. The van der Waals surface area contributed by atoms with Gasteiger partial charge in [0.1, 0.15) is 5.82 Å². The van der Waals surface area contributed by atoms with E-state index < -0.39 is 5.97 Å². The number of aliphatic carboxylic acids is 1. The van der Waals surface area contributed by atoms with E-state index in [2.05, 4.69) is 0 Å². The van der Waals surface area contributed by atoms with Gasteiger partial charge in [-0.1, -0.05) is 11.6 Å². The Morgan fingerprint density at radius 2 is 2.20 bits per heavy atom. The monoisotopic (exact) mass is 226 g/mol. The number of carboxylic acids is 1. The van der Waals surface area contributed by atoms with Gasteiger partial charge in [0.15, 0.2) is 0 Å². The Hall–Kier alpha value is -1.35. The molecule has 1 N–H and O–H groups in total. The predicted octanol–water partition coefficient (Wildman–Crippen LogP) is 2.89. The van der Waals surface area contributed by atoms with Crippen molar-refractivity contribution in [2.24, 2.45) is 0 Å². The minimum atomic E-state index is -1.02. The number of allylic oxidation sites excluding steroid dienone is 1. The average molecular weight is 227 g/mol. The highest BCUT2D eigenvalue weighted by atomic mass is 35.5. The van der Waals surface area contributed by atoms with Gasteiger partial charge in [-0.15, -0.1) is 0 Å². The molecule has 78 valence electrons. The van der Waals surface area contributed by atoms with E-state index in [1.165, 1.54) is 6.07 Å². The molecule has 2 rings (SSSR count). The van der Waals surface area contributed by atoms with Crippen LogP contribution in [0, 0.1) is 5.82 Å². The van der Waals surface area contributed by atoms with Crippen LogP contribution in [-0.2, 0) is 11.2 Å². The van der Waals surface area contributed by atoms with Gasteiger partial charge in [-0.25, -0.2) is 9.18 Å². The molecule has 0 bridgehead atoms. The van der Waals surface area contributed by atoms with Gasteiger partial charge in [0.2, 0.25) is 0 Å². The van der Waals surface area contributed by atoms with Crippen LogP contribution in [0.1, 0.15) is 17.5 Å². The van der Waals surface area contributed by atoms with Crippen LogP contribution in [0.2, 0.25) is 5.02 Å². The zero-order chi connectivity index (χ0) is 11.0. The minimum Gasteiger partial charge on any atom is -0.478 e. The molecule has 4 heteroatoms. The first-order chi connectivity index (χ1) is 7.08. The Morgan fingerprint density at radius 3 is 2.87 bits per heavy atom. The van der Waals surface area contributed by atoms with E-state index in [4.69, 9.17) is 16.7 Å². The first-order valence-corrected chi connectivity index (χ1v) is 4.87. The first-order valence-electron chi connectivity index (χ1n) is 4.49. The molecule has 15 heavy (non-hydrogen) atoms. The fourth-order valence-electron chi connectivity index (χ4n) is 1.84. The average Bonchev–Trinajstić information content (AvgIpc) is 2.48. The lowest BCUT2D eigenvalue weighted by molar-refractivity contribution is -0.131. The van der Waals surface area contributed by atoms with Gasteiger partial charge in [-0.3, -0.25) is 0 Å². The summed E-state index contributed by atoms with van der Waals surface area (Å²) in [5.74, 6) is -1.37. The normalized spacial score (nSPS) is 16.8. The van der Waals surface area contributed by atoms with Gasteiger partial charge in [0, 0.05) is 11.1 Å². The number of carbonyl (C=O) groups is 1. The lowest BCUT2D eigenvalue weighted by Gasteiger charge is -2.02. The van der Waals surface area contributed by atoms with Crippen molar-refractivity contribution in [2.45, 2.75) is 12.8 Å². The largest absolute Gasteiger partial charge is 0.478 e. The summed E-state index contributed by atoms with van der Waals surface area (Å²) >= 11 is 5.72. The second kappa shape index (κ2) is 3.66. The number of rotatable bonds is 1. The summed E-state index contributed by atoms with van der Waals surface area (Å²) in [6, 6.07) is 2.87. The Morgan fingerprint density at radius 1 is 1.47 bits per heavy atom. The number of carboxylic acid groups (broad SMARTS) is 1. The standard InChI is InChI=1S/C11H8ClFO2/c12-7-4-9-6(3-11(14)15)1-2-8(9)10(13)5-7/h3-5H,1-2H2,(H,14,15). The molecule has 1 aliphatic carbocycles. The van der Waals surface area contributed by atoms with E-state index in [-0.39, 0.29) is 5.82 Å². The summed E-state index contributed by atoms with van der Waals surface area (Å²) in [7, 11) is 0. The molecule has 0 fully saturated rings. The topological polar surface area (TPSA) is 37.3 Å². The van der Waals surface area contributed by atoms with Crippen LogP contribution >= 0.6 is 11.6 Å². The maximum absolute atomic E-state index is 13.4. The highest BCUT2D eigenvalue weighted by molar-refractivity contribution is 6.30. The van der Waals surface area contributed by atoms with E-state index in [9.17, 15) is 9.18 Å². The molecule has 0 aliphatic heterocycles. The number of hydrogen-bond donors (Lipinski definition) is 1. The molecule has 1 aromatic rings. The molecule has 0 saturated carbocycles. The molecule has 0 saturated heterocycles. The molecule has 1 aliphatic rings.